The van der Waals surface area contributed by atoms with Gasteiger partial charge in [0.25, 0.3) is 0 Å². The molecule has 0 unspecified atom stereocenters. The SMILES string of the molecule is C(=C\c1ccccc1)/Cc1nc2ccccc2s1. The number of hydrogen-bond acceptors (Lipinski definition) is 2. The second-order valence-electron chi connectivity index (χ2n) is 4.09. The molecule has 0 radical (unpaired) electrons. The molecule has 2 aromatic carbocycles. The second-order valence-corrected chi connectivity index (χ2v) is 5.21. The molecule has 0 saturated heterocycles. The zero-order valence-electron chi connectivity index (χ0n) is 9.91. The summed E-state index contributed by atoms with van der Waals surface area (Å²) in [5, 5.41) is 1.17. The second kappa shape index (κ2) is 5.15. The van der Waals surface area contributed by atoms with Crippen LogP contribution in [-0.2, 0) is 6.42 Å². The highest BCUT2D eigenvalue weighted by molar-refractivity contribution is 7.18. The predicted molar refractivity (Wildman–Crippen MR) is 78.8 cm³/mol. The van der Waals surface area contributed by atoms with Crippen LogP contribution in [0.2, 0.25) is 0 Å². The highest BCUT2D eigenvalue weighted by Gasteiger charge is 2.00. The molecule has 18 heavy (non-hydrogen) atoms. The Kier molecular flexibility index (Phi) is 3.20. The summed E-state index contributed by atoms with van der Waals surface area (Å²) in [7, 11) is 0. The van der Waals surface area contributed by atoms with E-state index in [1.54, 1.807) is 11.3 Å². The third-order valence-corrected chi connectivity index (χ3v) is 3.80. The molecule has 3 rings (SSSR count). The molecule has 0 saturated carbocycles. The van der Waals surface area contributed by atoms with Crippen LogP contribution < -0.4 is 0 Å². The minimum absolute atomic E-state index is 0.897. The summed E-state index contributed by atoms with van der Waals surface area (Å²) in [6.07, 6.45) is 5.22. The summed E-state index contributed by atoms with van der Waals surface area (Å²) < 4.78 is 1.26. The number of benzene rings is 2. The van der Waals surface area contributed by atoms with Crippen molar-refractivity contribution in [2.45, 2.75) is 6.42 Å². The monoisotopic (exact) mass is 251 g/mol. The van der Waals surface area contributed by atoms with Crippen molar-refractivity contribution in [1.29, 1.82) is 0 Å². The van der Waals surface area contributed by atoms with Gasteiger partial charge in [-0.1, -0.05) is 54.6 Å². The predicted octanol–water partition coefficient (Wildman–Crippen LogP) is 4.55. The molecule has 2 heteroatoms. The normalized spacial score (nSPS) is 11.3. The van der Waals surface area contributed by atoms with Crippen LogP contribution in [0.1, 0.15) is 10.6 Å². The van der Waals surface area contributed by atoms with Gasteiger partial charge in [-0.3, -0.25) is 0 Å². The lowest BCUT2D eigenvalue weighted by molar-refractivity contribution is 1.22. The van der Waals surface area contributed by atoms with E-state index in [2.05, 4.69) is 59.6 Å². The molecule has 88 valence electrons. The first-order chi connectivity index (χ1) is 8.92. The summed E-state index contributed by atoms with van der Waals surface area (Å²) >= 11 is 1.77. The maximum absolute atomic E-state index is 4.61. The van der Waals surface area contributed by atoms with Crippen molar-refractivity contribution in [3.8, 4) is 0 Å². The van der Waals surface area contributed by atoms with Gasteiger partial charge in [-0.25, -0.2) is 4.98 Å². The Morgan fingerprint density at radius 2 is 1.72 bits per heavy atom. The Labute approximate surface area is 110 Å². The fourth-order valence-corrected chi connectivity index (χ4v) is 2.81. The van der Waals surface area contributed by atoms with Crippen molar-refractivity contribution in [2.75, 3.05) is 0 Å². The van der Waals surface area contributed by atoms with Gasteiger partial charge in [0.1, 0.15) is 0 Å². The van der Waals surface area contributed by atoms with E-state index in [1.165, 1.54) is 15.3 Å². The quantitative estimate of drug-likeness (QED) is 0.665. The number of rotatable bonds is 3. The summed E-state index contributed by atoms with van der Waals surface area (Å²) in [5.41, 5.74) is 2.34. The van der Waals surface area contributed by atoms with Crippen LogP contribution in [0.15, 0.2) is 60.7 Å². The Morgan fingerprint density at radius 1 is 0.944 bits per heavy atom. The van der Waals surface area contributed by atoms with Gasteiger partial charge in [-0.2, -0.15) is 0 Å². The largest absolute Gasteiger partial charge is 0.241 e. The van der Waals surface area contributed by atoms with Crippen LogP contribution in [-0.4, -0.2) is 4.98 Å². The topological polar surface area (TPSA) is 12.9 Å². The molecular formula is C16H13NS. The van der Waals surface area contributed by atoms with Crippen LogP contribution in [0.4, 0.5) is 0 Å². The highest BCUT2D eigenvalue weighted by atomic mass is 32.1. The van der Waals surface area contributed by atoms with Crippen LogP contribution in [0, 0.1) is 0 Å². The molecule has 0 bridgehead atoms. The van der Waals surface area contributed by atoms with Crippen LogP contribution >= 0.6 is 11.3 Å². The first-order valence-corrected chi connectivity index (χ1v) is 6.79. The fraction of sp³-hybridized carbons (Fsp3) is 0.0625. The third kappa shape index (κ3) is 2.49. The Hall–Kier alpha value is -1.93. The molecule has 3 aromatic rings. The first-order valence-electron chi connectivity index (χ1n) is 5.98. The van der Waals surface area contributed by atoms with E-state index in [4.69, 9.17) is 0 Å². The number of nitrogens with zero attached hydrogens (tertiary/aromatic N) is 1. The number of allylic oxidation sites excluding steroid dienone is 1. The molecule has 1 aromatic heterocycles. The first kappa shape index (κ1) is 11.2. The molecule has 0 spiro atoms. The third-order valence-electron chi connectivity index (χ3n) is 2.74. The van der Waals surface area contributed by atoms with Crippen molar-refractivity contribution >= 4 is 27.6 Å². The van der Waals surface area contributed by atoms with Crippen molar-refractivity contribution in [2.24, 2.45) is 0 Å². The number of aromatic nitrogens is 1. The molecule has 0 atom stereocenters. The fourth-order valence-electron chi connectivity index (χ4n) is 1.87. The molecule has 0 aliphatic heterocycles. The van der Waals surface area contributed by atoms with Gasteiger partial charge in [-0.15, -0.1) is 11.3 Å². The summed E-state index contributed by atoms with van der Waals surface area (Å²) in [6, 6.07) is 18.6. The number of para-hydroxylation sites is 1. The van der Waals surface area contributed by atoms with Gasteiger partial charge < -0.3 is 0 Å². The number of fused-ring (bicyclic) bond motifs is 1. The van der Waals surface area contributed by atoms with Crippen molar-refractivity contribution < 1.29 is 0 Å². The van der Waals surface area contributed by atoms with E-state index in [0.29, 0.717) is 0 Å². The molecule has 1 heterocycles. The molecule has 0 N–H and O–H groups in total. The van der Waals surface area contributed by atoms with Gasteiger partial charge in [0.2, 0.25) is 0 Å². The summed E-state index contributed by atoms with van der Waals surface area (Å²) in [5.74, 6) is 0. The minimum atomic E-state index is 0.897. The maximum atomic E-state index is 4.61. The molecular weight excluding hydrogens is 238 g/mol. The van der Waals surface area contributed by atoms with E-state index in [1.807, 2.05) is 12.1 Å². The number of thiazole rings is 1. The standard InChI is InChI=1S/C16H13NS/c1-2-7-13(8-3-1)9-6-12-16-17-14-10-4-5-11-15(14)18-16/h1-11H,12H2/b9-6+. The molecule has 0 amide bonds. The lowest BCUT2D eigenvalue weighted by atomic mass is 10.2. The van der Waals surface area contributed by atoms with Gasteiger partial charge in [0, 0.05) is 6.42 Å². The van der Waals surface area contributed by atoms with Crippen LogP contribution in [0.3, 0.4) is 0 Å². The average molecular weight is 251 g/mol. The van der Waals surface area contributed by atoms with Gasteiger partial charge in [0.15, 0.2) is 0 Å². The lowest BCUT2D eigenvalue weighted by Gasteiger charge is -1.90. The van der Waals surface area contributed by atoms with Crippen LogP contribution in [0.25, 0.3) is 16.3 Å². The molecule has 0 fully saturated rings. The smallest absolute Gasteiger partial charge is 0.0976 e. The van der Waals surface area contributed by atoms with Crippen LogP contribution in [0.5, 0.6) is 0 Å². The zero-order valence-corrected chi connectivity index (χ0v) is 10.7. The highest BCUT2D eigenvalue weighted by Crippen LogP contribution is 2.22. The Morgan fingerprint density at radius 3 is 2.56 bits per heavy atom. The van der Waals surface area contributed by atoms with Crippen molar-refractivity contribution in [3.63, 3.8) is 0 Å². The maximum Gasteiger partial charge on any atom is 0.0976 e. The zero-order chi connectivity index (χ0) is 12.2. The molecule has 0 aliphatic rings. The summed E-state index contributed by atoms with van der Waals surface area (Å²) in [4.78, 5) is 4.61. The molecule has 0 aliphatic carbocycles. The van der Waals surface area contributed by atoms with Crippen molar-refractivity contribution in [3.05, 3.63) is 71.2 Å². The van der Waals surface area contributed by atoms with Crippen molar-refractivity contribution in [1.82, 2.24) is 4.98 Å². The van der Waals surface area contributed by atoms with Gasteiger partial charge in [0.05, 0.1) is 15.2 Å². The Bertz CT molecular complexity index is 635. The van der Waals surface area contributed by atoms with Gasteiger partial charge in [-0.05, 0) is 17.7 Å². The average Bonchev–Trinajstić information content (AvgIpc) is 2.82. The van der Waals surface area contributed by atoms with E-state index < -0.39 is 0 Å². The Balaban J connectivity index is 1.75. The van der Waals surface area contributed by atoms with Gasteiger partial charge >= 0.3 is 0 Å². The minimum Gasteiger partial charge on any atom is -0.241 e. The van der Waals surface area contributed by atoms with E-state index in [0.717, 1.165) is 11.9 Å². The lowest BCUT2D eigenvalue weighted by Crippen LogP contribution is -1.77. The van der Waals surface area contributed by atoms with E-state index >= 15 is 0 Å². The molecule has 1 nitrogen and oxygen atoms in total. The van der Waals surface area contributed by atoms with E-state index in [-0.39, 0.29) is 0 Å². The van der Waals surface area contributed by atoms with E-state index in [9.17, 15) is 0 Å². The number of hydrogen-bond donors (Lipinski definition) is 0. The summed E-state index contributed by atoms with van der Waals surface area (Å²) in [6.45, 7) is 0.